The van der Waals surface area contributed by atoms with Crippen molar-refractivity contribution in [1.29, 1.82) is 0 Å². The quantitative estimate of drug-likeness (QED) is 0.405. The van der Waals surface area contributed by atoms with Gasteiger partial charge in [-0.2, -0.15) is 0 Å². The van der Waals surface area contributed by atoms with Crippen molar-refractivity contribution >= 4 is 17.0 Å². The highest BCUT2D eigenvalue weighted by molar-refractivity contribution is 5.88. The fourth-order valence-electron chi connectivity index (χ4n) is 3.65. The number of benzene rings is 2. The molecule has 5 heteroatoms. The molecule has 0 aliphatic carbocycles. The van der Waals surface area contributed by atoms with E-state index < -0.39 is 5.60 Å². The fourth-order valence-corrected chi connectivity index (χ4v) is 3.65. The van der Waals surface area contributed by atoms with E-state index in [1.54, 1.807) is 17.3 Å². The zero-order valence-corrected chi connectivity index (χ0v) is 18.7. The summed E-state index contributed by atoms with van der Waals surface area (Å²) in [6, 6.07) is 20.1. The zero-order chi connectivity index (χ0) is 22.6. The van der Waals surface area contributed by atoms with Crippen molar-refractivity contribution in [3.63, 3.8) is 0 Å². The molecule has 1 N–H and O–H groups in total. The molecule has 0 aliphatic rings. The highest BCUT2D eigenvalue weighted by atomic mass is 16.6. The number of hydrogen-bond acceptors (Lipinski definition) is 3. The monoisotopic (exact) mass is 426 g/mol. The Balaban J connectivity index is 1.62. The minimum Gasteiger partial charge on any atom is -0.444 e. The van der Waals surface area contributed by atoms with E-state index in [1.807, 2.05) is 75.5 Å². The Hall–Kier alpha value is -3.60. The first-order valence-corrected chi connectivity index (χ1v) is 10.7. The van der Waals surface area contributed by atoms with Crippen molar-refractivity contribution in [2.24, 2.45) is 0 Å². The molecule has 0 saturated carbocycles. The molecule has 0 aliphatic heterocycles. The number of carbonyl (C=O) groups excluding carboxylic acids is 1. The molecule has 0 spiro atoms. The molecule has 2 aromatic heterocycles. The van der Waals surface area contributed by atoms with Gasteiger partial charge in [0.15, 0.2) is 0 Å². The molecule has 4 rings (SSSR count). The lowest BCUT2D eigenvalue weighted by atomic mass is 10.0. The van der Waals surface area contributed by atoms with E-state index in [0.717, 1.165) is 33.2 Å². The Morgan fingerprint density at radius 2 is 1.75 bits per heavy atom. The summed E-state index contributed by atoms with van der Waals surface area (Å²) in [7, 11) is 0. The predicted molar refractivity (Wildman–Crippen MR) is 127 cm³/mol. The maximum absolute atomic E-state index is 13.0. The van der Waals surface area contributed by atoms with Crippen LogP contribution in [0.1, 0.15) is 43.0 Å². The maximum Gasteiger partial charge on any atom is 0.410 e. The van der Waals surface area contributed by atoms with E-state index in [2.05, 4.69) is 28.5 Å². The molecule has 2 aromatic carbocycles. The number of para-hydroxylation sites is 1. The van der Waals surface area contributed by atoms with Crippen LogP contribution in [0.5, 0.6) is 0 Å². The van der Waals surface area contributed by atoms with Crippen LogP contribution in [0.15, 0.2) is 79.3 Å². The molecule has 5 nitrogen and oxygen atoms in total. The van der Waals surface area contributed by atoms with Gasteiger partial charge in [-0.25, -0.2) is 4.79 Å². The highest BCUT2D eigenvalue weighted by Gasteiger charge is 2.23. The second-order valence-electron chi connectivity index (χ2n) is 8.83. The number of aromatic nitrogens is 2. The van der Waals surface area contributed by atoms with Gasteiger partial charge < -0.3 is 9.72 Å². The number of fused-ring (bicyclic) bond motifs is 1. The van der Waals surface area contributed by atoms with Gasteiger partial charge in [-0.15, -0.1) is 0 Å². The van der Waals surface area contributed by atoms with Crippen molar-refractivity contribution in [1.82, 2.24) is 14.9 Å². The van der Waals surface area contributed by atoms with Gasteiger partial charge in [0.2, 0.25) is 0 Å². The third-order valence-electron chi connectivity index (χ3n) is 5.09. The first-order valence-electron chi connectivity index (χ1n) is 10.7. The number of nitrogens with zero attached hydrogens (tertiary/aromatic N) is 2. The molecule has 32 heavy (non-hydrogen) atoms. The molecule has 0 fully saturated rings. The predicted octanol–water partition coefficient (Wildman–Crippen LogP) is 6.10. The lowest BCUT2D eigenvalue weighted by molar-refractivity contribution is 0.0217. The summed E-state index contributed by atoms with van der Waals surface area (Å²) in [6.45, 7) is 6.58. The first kappa shape index (κ1) is 21.6. The molecule has 0 saturated heterocycles. The van der Waals surface area contributed by atoms with Crippen molar-refractivity contribution in [2.75, 3.05) is 0 Å². The molecule has 4 aromatic rings. The minimum atomic E-state index is -0.558. The molecule has 2 heterocycles. The van der Waals surface area contributed by atoms with Crippen molar-refractivity contribution in [2.45, 2.75) is 39.5 Å². The number of carbonyl (C=O) groups is 1. The van der Waals surface area contributed by atoms with Gasteiger partial charge in [0.25, 0.3) is 0 Å². The number of hydrogen-bond donors (Lipinski definition) is 1. The van der Waals surface area contributed by atoms with Crippen LogP contribution in [0, 0.1) is 6.42 Å². The number of pyridine rings is 1. The SMILES string of the molecule is CC(C)(C)OC(=O)N(Cc1ccccc1)Cc1cccc2c([CH]c3ccncc3)c[nH]c12. The first-order chi connectivity index (χ1) is 15.4. The Bertz CT molecular complexity index is 1180. The molecule has 163 valence electrons. The Morgan fingerprint density at radius 3 is 2.47 bits per heavy atom. The topological polar surface area (TPSA) is 58.2 Å². The van der Waals surface area contributed by atoms with Crippen LogP contribution in [0.25, 0.3) is 10.9 Å². The number of amides is 1. The van der Waals surface area contributed by atoms with Crippen LogP contribution >= 0.6 is 0 Å². The summed E-state index contributed by atoms with van der Waals surface area (Å²) >= 11 is 0. The summed E-state index contributed by atoms with van der Waals surface area (Å²) in [5.41, 5.74) is 4.75. The highest BCUT2D eigenvalue weighted by Crippen LogP contribution is 2.26. The number of aromatic amines is 1. The van der Waals surface area contributed by atoms with E-state index in [4.69, 9.17) is 4.74 Å². The van der Waals surface area contributed by atoms with Crippen LogP contribution in [-0.4, -0.2) is 26.6 Å². The third-order valence-corrected chi connectivity index (χ3v) is 5.09. The van der Waals surface area contributed by atoms with Gasteiger partial charge in [-0.05, 0) is 55.2 Å². The number of nitrogens with one attached hydrogen (secondary N) is 1. The lowest BCUT2D eigenvalue weighted by Crippen LogP contribution is -2.36. The van der Waals surface area contributed by atoms with E-state index in [1.165, 1.54) is 0 Å². The normalized spacial score (nSPS) is 11.5. The molecular formula is C27H28N3O2. The van der Waals surface area contributed by atoms with Crippen LogP contribution in [0.2, 0.25) is 0 Å². The average molecular weight is 427 g/mol. The second-order valence-corrected chi connectivity index (χ2v) is 8.83. The lowest BCUT2D eigenvalue weighted by Gasteiger charge is -2.28. The van der Waals surface area contributed by atoms with E-state index in [0.29, 0.717) is 13.1 Å². The summed E-state index contributed by atoms with van der Waals surface area (Å²) in [6.07, 6.45) is 7.38. The number of rotatable bonds is 6. The van der Waals surface area contributed by atoms with E-state index >= 15 is 0 Å². The Morgan fingerprint density at radius 1 is 1.00 bits per heavy atom. The van der Waals surface area contributed by atoms with E-state index in [-0.39, 0.29) is 6.09 Å². The van der Waals surface area contributed by atoms with Gasteiger partial charge in [0, 0.05) is 36.9 Å². The minimum absolute atomic E-state index is 0.325. The summed E-state index contributed by atoms with van der Waals surface area (Å²) in [5.74, 6) is 0. The maximum atomic E-state index is 13.0. The third kappa shape index (κ3) is 5.35. The van der Waals surface area contributed by atoms with Gasteiger partial charge in [-0.3, -0.25) is 9.88 Å². The van der Waals surface area contributed by atoms with Gasteiger partial charge in [-0.1, -0.05) is 48.5 Å². The average Bonchev–Trinajstić information content (AvgIpc) is 3.17. The molecule has 1 radical (unpaired) electrons. The zero-order valence-electron chi connectivity index (χ0n) is 18.7. The molecule has 1 amide bonds. The van der Waals surface area contributed by atoms with Crippen molar-refractivity contribution in [3.05, 3.63) is 108 Å². The molecule has 0 atom stereocenters. The Kier molecular flexibility index (Phi) is 6.26. The van der Waals surface area contributed by atoms with Crippen molar-refractivity contribution in [3.8, 4) is 0 Å². The van der Waals surface area contributed by atoms with Gasteiger partial charge in [0.1, 0.15) is 5.60 Å². The fraction of sp³-hybridized carbons (Fsp3) is 0.222. The van der Waals surface area contributed by atoms with Crippen LogP contribution in [0.4, 0.5) is 4.79 Å². The van der Waals surface area contributed by atoms with Crippen LogP contribution < -0.4 is 0 Å². The standard InChI is InChI=1S/C27H28N3O2/c1-27(2,3)32-26(31)30(18-21-8-5-4-6-9-21)19-22-10-7-11-24-23(17-29-25(22)24)16-20-12-14-28-15-13-20/h4-17,29H,18-19H2,1-3H3. The molecular weight excluding hydrogens is 398 g/mol. The van der Waals surface area contributed by atoms with Crippen LogP contribution in [0.3, 0.4) is 0 Å². The van der Waals surface area contributed by atoms with Gasteiger partial charge >= 0.3 is 6.09 Å². The molecule has 0 bridgehead atoms. The van der Waals surface area contributed by atoms with Gasteiger partial charge in [0.05, 0.1) is 12.1 Å². The largest absolute Gasteiger partial charge is 0.444 e. The van der Waals surface area contributed by atoms with E-state index in [9.17, 15) is 4.79 Å². The number of H-pyrrole nitrogens is 1. The van der Waals surface area contributed by atoms with Crippen LogP contribution in [-0.2, 0) is 17.8 Å². The summed E-state index contributed by atoms with van der Waals surface area (Å²) < 4.78 is 5.71. The van der Waals surface area contributed by atoms with Crippen molar-refractivity contribution < 1.29 is 9.53 Å². The summed E-state index contributed by atoms with van der Waals surface area (Å²) in [5, 5.41) is 1.11. The summed E-state index contributed by atoms with van der Waals surface area (Å²) in [4.78, 5) is 22.3. The smallest absolute Gasteiger partial charge is 0.410 e. The second kappa shape index (κ2) is 9.27. The molecule has 0 unspecified atom stereocenters. The number of ether oxygens (including phenoxy) is 1. The Labute approximate surface area is 189 Å².